The van der Waals surface area contributed by atoms with E-state index in [2.05, 4.69) is 10.1 Å². The summed E-state index contributed by atoms with van der Waals surface area (Å²) in [6.45, 7) is 1.84. The molecule has 2 aromatic carbocycles. The minimum Gasteiger partial charge on any atom is -0.497 e. The van der Waals surface area contributed by atoms with Gasteiger partial charge in [-0.05, 0) is 55.5 Å². The summed E-state index contributed by atoms with van der Waals surface area (Å²) < 4.78 is 11.8. The van der Waals surface area contributed by atoms with Crippen LogP contribution in [0.3, 0.4) is 0 Å². The number of nitrogens with zero attached hydrogens (tertiary/aromatic N) is 2. The van der Waals surface area contributed by atoms with Gasteiger partial charge >= 0.3 is 0 Å². The Kier molecular flexibility index (Phi) is 4.70. The van der Waals surface area contributed by atoms with Gasteiger partial charge in [0.05, 0.1) is 31.2 Å². The number of aliphatic imine (C=N–C) groups is 1. The van der Waals surface area contributed by atoms with E-state index in [4.69, 9.17) is 9.47 Å². The Labute approximate surface area is 145 Å². The maximum Gasteiger partial charge on any atom is 0.280 e. The maximum atomic E-state index is 12.7. The SMILES string of the molecule is COc1ccc(N=Cc2c(C)[nH]n(-c3ccc(OC)cc3)c2=O)cc1. The van der Waals surface area contributed by atoms with Gasteiger partial charge in [-0.2, -0.15) is 0 Å². The predicted octanol–water partition coefficient (Wildman–Crippen LogP) is 3.24. The molecule has 0 unspecified atom stereocenters. The fourth-order valence-corrected chi connectivity index (χ4v) is 2.43. The largest absolute Gasteiger partial charge is 0.497 e. The third kappa shape index (κ3) is 3.47. The molecule has 3 rings (SSSR count). The smallest absolute Gasteiger partial charge is 0.280 e. The molecule has 0 fully saturated rings. The molecule has 0 aliphatic carbocycles. The summed E-state index contributed by atoms with van der Waals surface area (Å²) in [6.07, 6.45) is 1.58. The van der Waals surface area contributed by atoms with E-state index >= 15 is 0 Å². The third-order valence-electron chi connectivity index (χ3n) is 3.86. The van der Waals surface area contributed by atoms with Crippen LogP contribution in [-0.2, 0) is 0 Å². The van der Waals surface area contributed by atoms with Crippen molar-refractivity contribution >= 4 is 11.9 Å². The average Bonchev–Trinajstić information content (AvgIpc) is 2.94. The molecule has 6 heteroatoms. The van der Waals surface area contributed by atoms with Crippen molar-refractivity contribution in [1.82, 2.24) is 9.78 Å². The van der Waals surface area contributed by atoms with Crippen LogP contribution in [0, 0.1) is 6.92 Å². The molecule has 128 valence electrons. The van der Waals surface area contributed by atoms with E-state index in [9.17, 15) is 4.79 Å². The third-order valence-corrected chi connectivity index (χ3v) is 3.86. The summed E-state index contributed by atoms with van der Waals surface area (Å²) >= 11 is 0. The van der Waals surface area contributed by atoms with Crippen molar-refractivity contribution in [2.24, 2.45) is 4.99 Å². The lowest BCUT2D eigenvalue weighted by Gasteiger charge is -2.03. The molecule has 0 saturated heterocycles. The number of benzene rings is 2. The molecule has 25 heavy (non-hydrogen) atoms. The first-order valence-electron chi connectivity index (χ1n) is 7.76. The number of H-pyrrole nitrogens is 1. The van der Waals surface area contributed by atoms with Gasteiger partial charge in [0, 0.05) is 11.9 Å². The van der Waals surface area contributed by atoms with E-state index in [1.807, 2.05) is 55.5 Å². The molecule has 6 nitrogen and oxygen atoms in total. The van der Waals surface area contributed by atoms with Crippen molar-refractivity contribution in [2.45, 2.75) is 6.92 Å². The lowest BCUT2D eigenvalue weighted by Crippen LogP contribution is -2.17. The zero-order chi connectivity index (χ0) is 17.8. The summed E-state index contributed by atoms with van der Waals surface area (Å²) in [6, 6.07) is 14.6. The molecule has 0 bridgehead atoms. The van der Waals surface area contributed by atoms with E-state index in [1.54, 1.807) is 20.4 Å². The fourth-order valence-electron chi connectivity index (χ4n) is 2.43. The van der Waals surface area contributed by atoms with Gasteiger partial charge in [-0.15, -0.1) is 0 Å². The first-order chi connectivity index (χ1) is 12.1. The zero-order valence-electron chi connectivity index (χ0n) is 14.3. The highest BCUT2D eigenvalue weighted by Crippen LogP contribution is 2.18. The number of aryl methyl sites for hydroxylation is 1. The van der Waals surface area contributed by atoms with Crippen LogP contribution in [0.5, 0.6) is 11.5 Å². The summed E-state index contributed by atoms with van der Waals surface area (Å²) in [5, 5.41) is 3.07. The van der Waals surface area contributed by atoms with Gasteiger partial charge in [-0.1, -0.05) is 0 Å². The normalized spacial score (nSPS) is 11.0. The zero-order valence-corrected chi connectivity index (χ0v) is 14.3. The van der Waals surface area contributed by atoms with E-state index in [0.717, 1.165) is 28.6 Å². The molecule has 1 aromatic heterocycles. The molecular weight excluding hydrogens is 318 g/mol. The number of methoxy groups -OCH3 is 2. The van der Waals surface area contributed by atoms with Crippen molar-refractivity contribution in [1.29, 1.82) is 0 Å². The predicted molar refractivity (Wildman–Crippen MR) is 97.9 cm³/mol. The molecule has 0 saturated carbocycles. The first-order valence-corrected chi connectivity index (χ1v) is 7.76. The fraction of sp³-hybridized carbons (Fsp3) is 0.158. The van der Waals surface area contributed by atoms with Crippen LogP contribution in [0.25, 0.3) is 5.69 Å². The molecule has 0 aliphatic heterocycles. The van der Waals surface area contributed by atoms with Gasteiger partial charge in [0.1, 0.15) is 11.5 Å². The number of ether oxygens (including phenoxy) is 2. The van der Waals surface area contributed by atoms with Gasteiger partial charge in [-0.25, -0.2) is 4.68 Å². The molecule has 0 radical (unpaired) electrons. The minimum absolute atomic E-state index is 0.153. The van der Waals surface area contributed by atoms with Crippen LogP contribution < -0.4 is 15.0 Å². The Bertz CT molecular complexity index is 936. The second kappa shape index (κ2) is 7.09. The van der Waals surface area contributed by atoms with Crippen molar-refractivity contribution in [3.63, 3.8) is 0 Å². The van der Waals surface area contributed by atoms with Crippen molar-refractivity contribution in [3.8, 4) is 17.2 Å². The van der Waals surface area contributed by atoms with Gasteiger partial charge in [0.15, 0.2) is 0 Å². The van der Waals surface area contributed by atoms with Crippen LogP contribution in [0.15, 0.2) is 58.3 Å². The molecule has 1 heterocycles. The summed E-state index contributed by atoms with van der Waals surface area (Å²) in [7, 11) is 3.22. The molecule has 3 aromatic rings. The molecular formula is C19H19N3O3. The number of aromatic nitrogens is 2. The number of hydrogen-bond acceptors (Lipinski definition) is 4. The summed E-state index contributed by atoms with van der Waals surface area (Å²) in [5.74, 6) is 1.50. The van der Waals surface area contributed by atoms with Crippen molar-refractivity contribution in [2.75, 3.05) is 14.2 Å². The van der Waals surface area contributed by atoms with Crippen LogP contribution in [0.2, 0.25) is 0 Å². The Balaban J connectivity index is 1.90. The van der Waals surface area contributed by atoms with E-state index < -0.39 is 0 Å². The van der Waals surface area contributed by atoms with Gasteiger partial charge in [0.25, 0.3) is 5.56 Å². The topological polar surface area (TPSA) is 68.6 Å². The second-order valence-corrected chi connectivity index (χ2v) is 5.45. The van der Waals surface area contributed by atoms with E-state index in [-0.39, 0.29) is 5.56 Å². The van der Waals surface area contributed by atoms with Crippen molar-refractivity contribution in [3.05, 3.63) is 70.1 Å². The molecule has 0 amide bonds. The first kappa shape index (κ1) is 16.6. The molecule has 0 atom stereocenters. The van der Waals surface area contributed by atoms with E-state index in [1.165, 1.54) is 4.68 Å². The average molecular weight is 337 g/mol. The molecule has 0 spiro atoms. The maximum absolute atomic E-state index is 12.7. The highest BCUT2D eigenvalue weighted by atomic mass is 16.5. The highest BCUT2D eigenvalue weighted by molar-refractivity contribution is 5.83. The Morgan fingerprint density at radius 3 is 2.08 bits per heavy atom. The van der Waals surface area contributed by atoms with E-state index in [0.29, 0.717) is 5.56 Å². The Hall–Kier alpha value is -3.28. The van der Waals surface area contributed by atoms with Gasteiger partial charge < -0.3 is 9.47 Å². The van der Waals surface area contributed by atoms with Crippen molar-refractivity contribution < 1.29 is 9.47 Å². The van der Waals surface area contributed by atoms with Gasteiger partial charge in [0.2, 0.25) is 0 Å². The minimum atomic E-state index is -0.153. The summed E-state index contributed by atoms with van der Waals surface area (Å²) in [5.41, 5.74) is 2.60. The number of aromatic amines is 1. The lowest BCUT2D eigenvalue weighted by molar-refractivity contribution is 0.414. The quantitative estimate of drug-likeness (QED) is 0.727. The van der Waals surface area contributed by atoms with Crippen LogP contribution in [-0.4, -0.2) is 30.2 Å². The summed E-state index contributed by atoms with van der Waals surface area (Å²) in [4.78, 5) is 17.0. The lowest BCUT2D eigenvalue weighted by atomic mass is 10.2. The number of nitrogens with one attached hydrogen (secondary N) is 1. The van der Waals surface area contributed by atoms with Crippen LogP contribution in [0.1, 0.15) is 11.3 Å². The van der Waals surface area contributed by atoms with Gasteiger partial charge in [-0.3, -0.25) is 14.9 Å². The number of rotatable bonds is 5. The Morgan fingerprint density at radius 2 is 1.52 bits per heavy atom. The molecule has 1 N–H and O–H groups in total. The standard InChI is InChI=1S/C19H19N3O3/c1-13-18(12-20-14-4-8-16(24-2)9-5-14)19(23)22(21-13)15-6-10-17(25-3)11-7-15/h4-12,21H,1-3H3. The Morgan fingerprint density at radius 1 is 0.960 bits per heavy atom. The molecule has 0 aliphatic rings. The van der Waals surface area contributed by atoms with Crippen LogP contribution >= 0.6 is 0 Å². The van der Waals surface area contributed by atoms with Crippen LogP contribution in [0.4, 0.5) is 5.69 Å². The number of hydrogen-bond donors (Lipinski definition) is 1. The monoisotopic (exact) mass is 337 g/mol. The second-order valence-electron chi connectivity index (χ2n) is 5.45. The highest BCUT2D eigenvalue weighted by Gasteiger charge is 2.10.